The maximum absolute atomic E-state index is 10.5. The SMILES string of the molecule is CCOCC(C)=CCCC(C)=CCCC(C)=CC(=O)O. The number of aliphatic carboxylic acids is 1. The van der Waals surface area contributed by atoms with E-state index < -0.39 is 5.97 Å². The lowest BCUT2D eigenvalue weighted by atomic mass is 10.1. The molecule has 0 heterocycles. The van der Waals surface area contributed by atoms with Gasteiger partial charge in [-0.2, -0.15) is 0 Å². The van der Waals surface area contributed by atoms with E-state index in [-0.39, 0.29) is 0 Å². The number of allylic oxidation sites excluding steroid dienone is 4. The minimum Gasteiger partial charge on any atom is -0.478 e. The summed E-state index contributed by atoms with van der Waals surface area (Å²) >= 11 is 0. The molecule has 3 heteroatoms. The van der Waals surface area contributed by atoms with Gasteiger partial charge in [0, 0.05) is 12.7 Å². The highest BCUT2D eigenvalue weighted by atomic mass is 16.5. The first-order valence-corrected chi connectivity index (χ1v) is 7.24. The number of carboxylic acids is 1. The third kappa shape index (κ3) is 11.7. The maximum atomic E-state index is 10.5. The van der Waals surface area contributed by atoms with Crippen molar-refractivity contribution in [1.29, 1.82) is 0 Å². The number of hydrogen-bond acceptors (Lipinski definition) is 2. The third-order valence-corrected chi connectivity index (χ3v) is 2.97. The van der Waals surface area contributed by atoms with Gasteiger partial charge in [-0.25, -0.2) is 4.79 Å². The molecule has 20 heavy (non-hydrogen) atoms. The number of rotatable bonds is 10. The van der Waals surface area contributed by atoms with Gasteiger partial charge >= 0.3 is 5.97 Å². The standard InChI is InChI=1S/C17H28O3/c1-5-20-13-16(4)11-7-9-14(2)8-6-10-15(3)12-17(18)19/h8,11-12H,5-7,9-10,13H2,1-4H3,(H,18,19). The molecular formula is C17H28O3. The molecule has 0 saturated carbocycles. The van der Waals surface area contributed by atoms with E-state index in [9.17, 15) is 4.79 Å². The van der Waals surface area contributed by atoms with Gasteiger partial charge < -0.3 is 9.84 Å². The fourth-order valence-electron chi connectivity index (χ4n) is 1.80. The largest absolute Gasteiger partial charge is 0.478 e. The Labute approximate surface area is 123 Å². The molecule has 0 rings (SSSR count). The second-order valence-corrected chi connectivity index (χ2v) is 5.14. The molecule has 0 spiro atoms. The Kier molecular flexibility index (Phi) is 10.7. The van der Waals surface area contributed by atoms with Crippen LogP contribution in [0.4, 0.5) is 0 Å². The van der Waals surface area contributed by atoms with Gasteiger partial charge in [-0.3, -0.25) is 0 Å². The Balaban J connectivity index is 3.94. The molecule has 0 amide bonds. The summed E-state index contributed by atoms with van der Waals surface area (Å²) in [5.74, 6) is -0.863. The number of carbonyl (C=O) groups is 1. The zero-order valence-electron chi connectivity index (χ0n) is 13.2. The van der Waals surface area contributed by atoms with E-state index in [0.29, 0.717) is 0 Å². The van der Waals surface area contributed by atoms with Crippen LogP contribution in [0.1, 0.15) is 53.4 Å². The van der Waals surface area contributed by atoms with Gasteiger partial charge in [0.25, 0.3) is 0 Å². The third-order valence-electron chi connectivity index (χ3n) is 2.97. The van der Waals surface area contributed by atoms with E-state index in [1.54, 1.807) is 0 Å². The Morgan fingerprint density at radius 2 is 1.55 bits per heavy atom. The molecule has 0 aromatic carbocycles. The van der Waals surface area contributed by atoms with E-state index in [4.69, 9.17) is 9.84 Å². The highest BCUT2D eigenvalue weighted by Crippen LogP contribution is 2.11. The molecule has 0 aliphatic carbocycles. The van der Waals surface area contributed by atoms with Crippen LogP contribution in [-0.4, -0.2) is 24.3 Å². The van der Waals surface area contributed by atoms with E-state index in [1.165, 1.54) is 17.2 Å². The molecule has 0 aliphatic rings. The van der Waals surface area contributed by atoms with E-state index >= 15 is 0 Å². The first kappa shape index (κ1) is 18.7. The summed E-state index contributed by atoms with van der Waals surface area (Å²) in [5, 5.41) is 8.61. The first-order valence-electron chi connectivity index (χ1n) is 7.24. The van der Waals surface area contributed by atoms with E-state index in [1.807, 2.05) is 13.8 Å². The lowest BCUT2D eigenvalue weighted by Gasteiger charge is -2.03. The fraction of sp³-hybridized carbons (Fsp3) is 0.588. The van der Waals surface area contributed by atoms with Crippen molar-refractivity contribution in [3.63, 3.8) is 0 Å². The molecule has 0 fully saturated rings. The minimum absolute atomic E-state index is 0.721. The van der Waals surface area contributed by atoms with Crippen molar-refractivity contribution in [1.82, 2.24) is 0 Å². The summed E-state index contributed by atoms with van der Waals surface area (Å²) in [7, 11) is 0. The Bertz CT molecular complexity index is 376. The van der Waals surface area contributed by atoms with Gasteiger partial charge in [0.2, 0.25) is 0 Å². The summed E-state index contributed by atoms with van der Waals surface area (Å²) in [4.78, 5) is 10.5. The van der Waals surface area contributed by atoms with Crippen LogP contribution in [0.15, 0.2) is 34.9 Å². The Morgan fingerprint density at radius 1 is 1.00 bits per heavy atom. The molecule has 1 N–H and O–H groups in total. The van der Waals surface area contributed by atoms with Crippen LogP contribution in [-0.2, 0) is 9.53 Å². The van der Waals surface area contributed by atoms with Gasteiger partial charge in [0.15, 0.2) is 0 Å². The lowest BCUT2D eigenvalue weighted by molar-refractivity contribution is -0.131. The van der Waals surface area contributed by atoms with Crippen LogP contribution < -0.4 is 0 Å². The van der Waals surface area contributed by atoms with Gasteiger partial charge in [0.05, 0.1) is 6.61 Å². The summed E-state index contributed by atoms with van der Waals surface area (Å²) < 4.78 is 5.34. The molecule has 0 radical (unpaired) electrons. The van der Waals surface area contributed by atoms with Crippen LogP contribution in [0.2, 0.25) is 0 Å². The predicted octanol–water partition coefficient (Wildman–Crippen LogP) is 4.51. The van der Waals surface area contributed by atoms with Crippen LogP contribution in [0, 0.1) is 0 Å². The molecule has 0 bridgehead atoms. The monoisotopic (exact) mass is 280 g/mol. The van der Waals surface area contributed by atoms with Crippen molar-refractivity contribution in [3.05, 3.63) is 34.9 Å². The first-order chi connectivity index (χ1) is 9.45. The normalized spacial score (nSPS) is 13.7. The zero-order chi connectivity index (χ0) is 15.4. The van der Waals surface area contributed by atoms with Crippen LogP contribution in [0.25, 0.3) is 0 Å². The second kappa shape index (κ2) is 11.5. The maximum Gasteiger partial charge on any atom is 0.328 e. The van der Waals surface area contributed by atoms with E-state index in [0.717, 1.165) is 44.5 Å². The van der Waals surface area contributed by atoms with Crippen molar-refractivity contribution in [3.8, 4) is 0 Å². The smallest absolute Gasteiger partial charge is 0.328 e. The lowest BCUT2D eigenvalue weighted by Crippen LogP contribution is -1.94. The molecule has 0 unspecified atom stereocenters. The van der Waals surface area contributed by atoms with Crippen molar-refractivity contribution in [2.75, 3.05) is 13.2 Å². The van der Waals surface area contributed by atoms with Crippen molar-refractivity contribution in [2.45, 2.75) is 53.4 Å². The summed E-state index contributed by atoms with van der Waals surface area (Å²) in [6, 6.07) is 0. The van der Waals surface area contributed by atoms with Crippen LogP contribution in [0.3, 0.4) is 0 Å². The fourth-order valence-corrected chi connectivity index (χ4v) is 1.80. The van der Waals surface area contributed by atoms with Gasteiger partial charge in [-0.05, 0) is 53.4 Å². The van der Waals surface area contributed by atoms with Crippen molar-refractivity contribution >= 4 is 5.97 Å². The molecule has 114 valence electrons. The van der Waals surface area contributed by atoms with Crippen molar-refractivity contribution in [2.24, 2.45) is 0 Å². The number of ether oxygens (including phenoxy) is 1. The van der Waals surface area contributed by atoms with Gasteiger partial charge in [-0.15, -0.1) is 0 Å². The average Bonchev–Trinajstić information content (AvgIpc) is 2.35. The van der Waals surface area contributed by atoms with Gasteiger partial charge in [-0.1, -0.05) is 28.9 Å². The molecular weight excluding hydrogens is 252 g/mol. The summed E-state index contributed by atoms with van der Waals surface area (Å²) in [6.07, 6.45) is 9.50. The highest BCUT2D eigenvalue weighted by molar-refractivity contribution is 5.80. The van der Waals surface area contributed by atoms with E-state index in [2.05, 4.69) is 26.0 Å². The predicted molar refractivity (Wildman–Crippen MR) is 83.9 cm³/mol. The topological polar surface area (TPSA) is 46.5 Å². The average molecular weight is 280 g/mol. The summed E-state index contributed by atoms with van der Waals surface area (Å²) in [5.41, 5.74) is 3.54. The molecule has 0 saturated heterocycles. The molecule has 0 aliphatic heterocycles. The quantitative estimate of drug-likeness (QED) is 0.473. The van der Waals surface area contributed by atoms with Crippen LogP contribution in [0.5, 0.6) is 0 Å². The molecule has 0 aromatic heterocycles. The Morgan fingerprint density at radius 3 is 2.10 bits per heavy atom. The number of carboxylic acid groups (broad SMARTS) is 1. The number of hydrogen-bond donors (Lipinski definition) is 1. The molecule has 0 atom stereocenters. The van der Waals surface area contributed by atoms with Crippen molar-refractivity contribution < 1.29 is 14.6 Å². The Hall–Kier alpha value is -1.35. The van der Waals surface area contributed by atoms with Gasteiger partial charge in [0.1, 0.15) is 0 Å². The molecule has 3 nitrogen and oxygen atoms in total. The minimum atomic E-state index is -0.863. The zero-order valence-corrected chi connectivity index (χ0v) is 13.2. The molecule has 0 aromatic rings. The summed E-state index contributed by atoms with van der Waals surface area (Å²) in [6.45, 7) is 9.56. The second-order valence-electron chi connectivity index (χ2n) is 5.14. The highest BCUT2D eigenvalue weighted by Gasteiger charge is 1.95. The van der Waals surface area contributed by atoms with Crippen LogP contribution >= 0.6 is 0 Å².